The molecule has 2 heterocycles. The molecule has 25 heavy (non-hydrogen) atoms. The van der Waals surface area contributed by atoms with Crippen LogP contribution in [0.1, 0.15) is 34.4 Å². The van der Waals surface area contributed by atoms with Crippen LogP contribution in [0.15, 0.2) is 41.2 Å². The van der Waals surface area contributed by atoms with E-state index in [4.69, 9.17) is 0 Å². The summed E-state index contributed by atoms with van der Waals surface area (Å²) >= 11 is 2.94. The Hall–Kier alpha value is -2.56. The molecule has 0 spiro atoms. The lowest BCUT2D eigenvalue weighted by Crippen LogP contribution is -2.37. The van der Waals surface area contributed by atoms with E-state index in [1.807, 2.05) is 36.6 Å². The summed E-state index contributed by atoms with van der Waals surface area (Å²) in [5.74, 6) is -0.152. The maximum atomic E-state index is 13.1. The molecule has 1 aliphatic carbocycles. The third-order valence-electron chi connectivity index (χ3n) is 4.71. The molecular weight excluding hydrogens is 352 g/mol. The summed E-state index contributed by atoms with van der Waals surface area (Å²) in [5.41, 5.74) is 3.75. The van der Waals surface area contributed by atoms with Crippen molar-refractivity contribution in [3.8, 4) is 6.07 Å². The van der Waals surface area contributed by atoms with Gasteiger partial charge in [-0.1, -0.05) is 23.5 Å². The van der Waals surface area contributed by atoms with Gasteiger partial charge < -0.3 is 5.32 Å². The fraction of sp³-hybridized carbons (Fsp3) is 0.222. The van der Waals surface area contributed by atoms with Gasteiger partial charge >= 0.3 is 0 Å². The molecule has 0 saturated carbocycles. The maximum absolute atomic E-state index is 13.1. The van der Waals surface area contributed by atoms with Crippen molar-refractivity contribution in [3.63, 3.8) is 0 Å². The number of carbonyl (C=O) groups excluding carboxylic acids is 1. The number of rotatable bonds is 3. The molecular formula is C18H14N4OS2. The van der Waals surface area contributed by atoms with Gasteiger partial charge in [0, 0.05) is 10.8 Å². The van der Waals surface area contributed by atoms with Gasteiger partial charge in [0.05, 0.1) is 17.0 Å². The molecule has 0 unspecified atom stereocenters. The second kappa shape index (κ2) is 6.06. The third kappa shape index (κ3) is 2.64. The molecule has 4 rings (SSSR count). The first-order chi connectivity index (χ1) is 12.1. The number of anilines is 1. The van der Waals surface area contributed by atoms with E-state index in [1.165, 1.54) is 11.3 Å². The van der Waals surface area contributed by atoms with E-state index < -0.39 is 5.41 Å². The van der Waals surface area contributed by atoms with Gasteiger partial charge in [0.15, 0.2) is 0 Å². The van der Waals surface area contributed by atoms with Gasteiger partial charge in [-0.2, -0.15) is 5.26 Å². The molecule has 0 saturated heterocycles. The number of thiophene rings is 1. The molecule has 5 nitrogen and oxygen atoms in total. The van der Waals surface area contributed by atoms with Crippen LogP contribution < -0.4 is 5.32 Å². The van der Waals surface area contributed by atoms with Crippen molar-refractivity contribution >= 4 is 33.7 Å². The molecule has 2 atom stereocenters. The number of fused-ring (bicyclic) bond motifs is 1. The van der Waals surface area contributed by atoms with Crippen LogP contribution in [-0.4, -0.2) is 16.1 Å². The van der Waals surface area contributed by atoms with Crippen LogP contribution in [-0.2, 0) is 11.2 Å². The maximum Gasteiger partial charge on any atom is 0.233 e. The summed E-state index contributed by atoms with van der Waals surface area (Å²) in [6, 6.07) is 12.0. The van der Waals surface area contributed by atoms with Crippen LogP contribution in [0, 0.1) is 16.7 Å². The van der Waals surface area contributed by atoms with Crippen LogP contribution in [0.2, 0.25) is 0 Å². The predicted molar refractivity (Wildman–Crippen MR) is 97.7 cm³/mol. The highest BCUT2D eigenvalue weighted by Gasteiger charge is 2.49. The predicted octanol–water partition coefficient (Wildman–Crippen LogP) is 3.80. The highest BCUT2D eigenvalue weighted by atomic mass is 32.1. The Balaban J connectivity index is 1.79. The molecule has 0 aliphatic heterocycles. The highest BCUT2D eigenvalue weighted by molar-refractivity contribution is 7.13. The Bertz CT molecular complexity index is 960. The van der Waals surface area contributed by atoms with Gasteiger partial charge in [-0.15, -0.1) is 21.5 Å². The molecule has 0 bridgehead atoms. The van der Waals surface area contributed by atoms with Crippen molar-refractivity contribution in [3.05, 3.63) is 62.8 Å². The van der Waals surface area contributed by atoms with Crippen molar-refractivity contribution in [2.75, 3.05) is 5.32 Å². The number of nitrogens with one attached hydrogen (secondary N) is 1. The number of amides is 1. The summed E-state index contributed by atoms with van der Waals surface area (Å²) in [7, 11) is 0. The SMILES string of the molecule is C[C@@]1(C(=O)Nc2nncs2)Cc2ccc(C#N)cc2[C@H]1c1cccs1. The number of hydrogen-bond acceptors (Lipinski definition) is 6. The number of benzene rings is 1. The van der Waals surface area contributed by atoms with E-state index in [0.29, 0.717) is 17.1 Å². The highest BCUT2D eigenvalue weighted by Crippen LogP contribution is 2.52. The molecule has 0 radical (unpaired) electrons. The topological polar surface area (TPSA) is 78.7 Å². The largest absolute Gasteiger partial charge is 0.300 e. The van der Waals surface area contributed by atoms with E-state index in [2.05, 4.69) is 27.6 Å². The summed E-state index contributed by atoms with van der Waals surface area (Å²) in [5, 5.41) is 22.4. The zero-order chi connectivity index (χ0) is 17.4. The molecule has 7 heteroatoms. The minimum atomic E-state index is -0.646. The van der Waals surface area contributed by atoms with Gasteiger partial charge in [0.2, 0.25) is 11.0 Å². The quantitative estimate of drug-likeness (QED) is 0.764. The molecule has 1 N–H and O–H groups in total. The second-order valence-corrected chi connectivity index (χ2v) is 8.08. The first-order valence-electron chi connectivity index (χ1n) is 7.76. The first-order valence-corrected chi connectivity index (χ1v) is 9.52. The monoisotopic (exact) mass is 366 g/mol. The van der Waals surface area contributed by atoms with Crippen molar-refractivity contribution < 1.29 is 4.79 Å². The molecule has 3 aromatic rings. The summed E-state index contributed by atoms with van der Waals surface area (Å²) < 4.78 is 0. The van der Waals surface area contributed by atoms with Gasteiger partial charge in [-0.05, 0) is 48.1 Å². The second-order valence-electron chi connectivity index (χ2n) is 6.27. The Morgan fingerprint density at radius 2 is 2.28 bits per heavy atom. The zero-order valence-corrected chi connectivity index (χ0v) is 15.0. The van der Waals surface area contributed by atoms with Crippen LogP contribution in [0.5, 0.6) is 0 Å². The average Bonchev–Trinajstić information content (AvgIpc) is 3.33. The summed E-state index contributed by atoms with van der Waals surface area (Å²) in [4.78, 5) is 14.3. The lowest BCUT2D eigenvalue weighted by Gasteiger charge is -2.29. The van der Waals surface area contributed by atoms with Gasteiger partial charge in [0.1, 0.15) is 5.51 Å². The Morgan fingerprint density at radius 1 is 1.40 bits per heavy atom. The van der Waals surface area contributed by atoms with E-state index in [0.717, 1.165) is 16.0 Å². The van der Waals surface area contributed by atoms with Crippen molar-refractivity contribution in [1.29, 1.82) is 5.26 Å². The van der Waals surface area contributed by atoms with Gasteiger partial charge in [-0.25, -0.2) is 0 Å². The van der Waals surface area contributed by atoms with Crippen molar-refractivity contribution in [2.45, 2.75) is 19.3 Å². The van der Waals surface area contributed by atoms with E-state index >= 15 is 0 Å². The fourth-order valence-electron chi connectivity index (χ4n) is 3.54. The van der Waals surface area contributed by atoms with Crippen molar-refractivity contribution in [2.24, 2.45) is 5.41 Å². The standard InChI is InChI=1S/C18H14N4OS2/c1-18(16(23)21-17-22-20-10-25-17)8-12-5-4-11(9-19)7-13(12)15(18)14-3-2-6-24-14/h2-7,10,15H,8H2,1H3,(H,21,22,23)/t15-,18+/m0/s1. The normalized spacial score (nSPS) is 21.5. The first kappa shape index (κ1) is 15.9. The Labute approximate surface area is 153 Å². The Kier molecular flexibility index (Phi) is 3.86. The number of nitrogens with zero attached hydrogens (tertiary/aromatic N) is 3. The third-order valence-corrected chi connectivity index (χ3v) is 6.25. The van der Waals surface area contributed by atoms with E-state index in [9.17, 15) is 10.1 Å². The number of aromatic nitrogens is 2. The van der Waals surface area contributed by atoms with Crippen LogP contribution in [0.25, 0.3) is 0 Å². The lowest BCUT2D eigenvalue weighted by atomic mass is 9.76. The lowest BCUT2D eigenvalue weighted by molar-refractivity contribution is -0.125. The van der Waals surface area contributed by atoms with Crippen LogP contribution >= 0.6 is 22.7 Å². The molecule has 1 aromatic carbocycles. The van der Waals surface area contributed by atoms with E-state index in [-0.39, 0.29) is 11.8 Å². The minimum Gasteiger partial charge on any atom is -0.300 e. The van der Waals surface area contributed by atoms with Crippen molar-refractivity contribution in [1.82, 2.24) is 10.2 Å². The number of carbonyl (C=O) groups is 1. The van der Waals surface area contributed by atoms with Crippen LogP contribution in [0.4, 0.5) is 5.13 Å². The van der Waals surface area contributed by atoms with Crippen LogP contribution in [0.3, 0.4) is 0 Å². The fourth-order valence-corrected chi connectivity index (χ4v) is 4.97. The van der Waals surface area contributed by atoms with E-state index in [1.54, 1.807) is 16.8 Å². The van der Waals surface area contributed by atoms with Gasteiger partial charge in [0.25, 0.3) is 0 Å². The summed E-state index contributed by atoms with van der Waals surface area (Å²) in [6.07, 6.45) is 0.626. The molecule has 1 amide bonds. The summed E-state index contributed by atoms with van der Waals surface area (Å²) in [6.45, 7) is 1.99. The average molecular weight is 366 g/mol. The smallest absolute Gasteiger partial charge is 0.233 e. The molecule has 124 valence electrons. The molecule has 1 aliphatic rings. The van der Waals surface area contributed by atoms with Gasteiger partial charge in [-0.3, -0.25) is 4.79 Å². The minimum absolute atomic E-state index is 0.0719. The Morgan fingerprint density at radius 3 is 2.96 bits per heavy atom. The molecule has 0 fully saturated rings. The number of nitriles is 1. The molecule has 2 aromatic heterocycles. The number of hydrogen-bond donors (Lipinski definition) is 1. The zero-order valence-electron chi connectivity index (χ0n) is 13.4.